The highest BCUT2D eigenvalue weighted by atomic mass is 16.4. The van der Waals surface area contributed by atoms with Crippen molar-refractivity contribution in [2.45, 2.75) is 26.4 Å². The number of carbonyl (C=O) groups is 1. The van der Waals surface area contributed by atoms with E-state index in [9.17, 15) is 4.79 Å². The maximum atomic E-state index is 10.7. The van der Waals surface area contributed by atoms with Gasteiger partial charge in [0.05, 0.1) is 6.54 Å². The van der Waals surface area contributed by atoms with Crippen molar-refractivity contribution < 1.29 is 9.21 Å². The molecule has 6 nitrogen and oxygen atoms in total. The summed E-state index contributed by atoms with van der Waals surface area (Å²) in [5.74, 6) is 0.600. The molecule has 13 heavy (non-hydrogen) atoms. The molecule has 0 radical (unpaired) electrons. The number of nitrogens with one attached hydrogen (secondary N) is 1. The zero-order valence-corrected chi connectivity index (χ0v) is 7.57. The Morgan fingerprint density at radius 1 is 1.69 bits per heavy atom. The van der Waals surface area contributed by atoms with E-state index in [0.29, 0.717) is 11.8 Å². The van der Waals surface area contributed by atoms with Gasteiger partial charge in [0.1, 0.15) is 6.04 Å². The SMILES string of the molecule is CC(=O)NC(C)c1nnc(CN)o1. The fourth-order valence-corrected chi connectivity index (χ4v) is 0.891. The molecule has 0 bridgehead atoms. The molecule has 0 spiro atoms. The maximum Gasteiger partial charge on any atom is 0.238 e. The van der Waals surface area contributed by atoms with Crippen molar-refractivity contribution in [3.8, 4) is 0 Å². The fraction of sp³-hybridized carbons (Fsp3) is 0.571. The van der Waals surface area contributed by atoms with E-state index in [4.69, 9.17) is 10.2 Å². The lowest BCUT2D eigenvalue weighted by atomic mass is 10.3. The van der Waals surface area contributed by atoms with Gasteiger partial charge in [-0.15, -0.1) is 10.2 Å². The largest absolute Gasteiger partial charge is 0.422 e. The topological polar surface area (TPSA) is 94.0 Å². The van der Waals surface area contributed by atoms with Crippen molar-refractivity contribution in [3.05, 3.63) is 11.8 Å². The molecular formula is C7H12N4O2. The number of hydrogen-bond donors (Lipinski definition) is 2. The van der Waals surface area contributed by atoms with Crippen LogP contribution in [0.2, 0.25) is 0 Å². The Bertz CT molecular complexity index is 296. The lowest BCUT2D eigenvalue weighted by Gasteiger charge is -2.06. The Labute approximate surface area is 75.5 Å². The van der Waals surface area contributed by atoms with Gasteiger partial charge in [-0.1, -0.05) is 0 Å². The lowest BCUT2D eigenvalue weighted by molar-refractivity contribution is -0.119. The third kappa shape index (κ3) is 2.51. The first-order valence-corrected chi connectivity index (χ1v) is 3.93. The minimum absolute atomic E-state index is 0.139. The fourth-order valence-electron chi connectivity index (χ4n) is 0.891. The van der Waals surface area contributed by atoms with Gasteiger partial charge in [0.2, 0.25) is 17.7 Å². The number of amides is 1. The highest BCUT2D eigenvalue weighted by molar-refractivity contribution is 5.73. The molecule has 0 saturated carbocycles. The molecule has 0 aromatic carbocycles. The van der Waals surface area contributed by atoms with Crippen LogP contribution in [-0.2, 0) is 11.3 Å². The molecule has 0 aliphatic carbocycles. The molecule has 0 fully saturated rings. The Morgan fingerprint density at radius 3 is 2.85 bits per heavy atom. The van der Waals surface area contributed by atoms with E-state index in [1.54, 1.807) is 6.92 Å². The summed E-state index contributed by atoms with van der Waals surface area (Å²) >= 11 is 0. The zero-order chi connectivity index (χ0) is 9.84. The van der Waals surface area contributed by atoms with E-state index in [0.717, 1.165) is 0 Å². The molecule has 1 amide bonds. The van der Waals surface area contributed by atoms with E-state index < -0.39 is 0 Å². The van der Waals surface area contributed by atoms with Crippen LogP contribution in [-0.4, -0.2) is 16.1 Å². The third-order valence-corrected chi connectivity index (χ3v) is 1.45. The molecule has 1 aromatic rings. The van der Waals surface area contributed by atoms with Crippen LogP contribution in [0, 0.1) is 0 Å². The number of rotatable bonds is 3. The Balaban J connectivity index is 2.65. The van der Waals surface area contributed by atoms with Crippen LogP contribution in [0.5, 0.6) is 0 Å². The van der Waals surface area contributed by atoms with E-state index in [2.05, 4.69) is 15.5 Å². The van der Waals surface area contributed by atoms with Gasteiger partial charge in [-0.05, 0) is 6.92 Å². The van der Waals surface area contributed by atoms with Crippen LogP contribution in [0.3, 0.4) is 0 Å². The molecular weight excluding hydrogens is 172 g/mol. The van der Waals surface area contributed by atoms with Crippen molar-refractivity contribution in [2.24, 2.45) is 5.73 Å². The Morgan fingerprint density at radius 2 is 2.38 bits per heavy atom. The molecule has 72 valence electrons. The summed E-state index contributed by atoms with van der Waals surface area (Å²) in [6, 6.07) is -0.273. The van der Waals surface area contributed by atoms with E-state index >= 15 is 0 Å². The summed E-state index contributed by atoms with van der Waals surface area (Å²) in [5.41, 5.74) is 5.28. The first-order valence-electron chi connectivity index (χ1n) is 3.93. The van der Waals surface area contributed by atoms with Gasteiger partial charge in [-0.3, -0.25) is 4.79 Å². The number of aromatic nitrogens is 2. The lowest BCUT2D eigenvalue weighted by Crippen LogP contribution is -2.23. The first-order chi connectivity index (χ1) is 6.13. The highest BCUT2D eigenvalue weighted by Gasteiger charge is 2.13. The Kier molecular flexibility index (Phi) is 2.97. The zero-order valence-electron chi connectivity index (χ0n) is 7.57. The van der Waals surface area contributed by atoms with Gasteiger partial charge in [-0.25, -0.2) is 0 Å². The van der Waals surface area contributed by atoms with Crippen molar-refractivity contribution >= 4 is 5.91 Å². The Hall–Kier alpha value is -1.43. The normalized spacial score (nSPS) is 12.5. The standard InChI is InChI=1S/C7H12N4O2/c1-4(9-5(2)12)7-11-10-6(3-8)13-7/h4H,3,8H2,1-2H3,(H,9,12). The van der Waals surface area contributed by atoms with Crippen LogP contribution in [0.4, 0.5) is 0 Å². The molecule has 1 heterocycles. The number of carbonyl (C=O) groups excluding carboxylic acids is 1. The van der Waals surface area contributed by atoms with Gasteiger partial charge in [-0.2, -0.15) is 0 Å². The molecule has 6 heteroatoms. The van der Waals surface area contributed by atoms with E-state index in [-0.39, 0.29) is 18.5 Å². The van der Waals surface area contributed by atoms with Gasteiger partial charge in [0, 0.05) is 6.92 Å². The predicted molar refractivity (Wildman–Crippen MR) is 44.4 cm³/mol. The van der Waals surface area contributed by atoms with Gasteiger partial charge >= 0.3 is 0 Å². The van der Waals surface area contributed by atoms with Crippen molar-refractivity contribution in [1.29, 1.82) is 0 Å². The third-order valence-electron chi connectivity index (χ3n) is 1.45. The number of hydrogen-bond acceptors (Lipinski definition) is 5. The highest BCUT2D eigenvalue weighted by Crippen LogP contribution is 2.09. The van der Waals surface area contributed by atoms with Crippen LogP contribution < -0.4 is 11.1 Å². The molecule has 1 unspecified atom stereocenters. The van der Waals surface area contributed by atoms with E-state index in [1.807, 2.05) is 0 Å². The van der Waals surface area contributed by atoms with Crippen LogP contribution >= 0.6 is 0 Å². The molecule has 1 rings (SSSR count). The average molecular weight is 184 g/mol. The smallest absolute Gasteiger partial charge is 0.238 e. The van der Waals surface area contributed by atoms with Crippen LogP contribution in [0.1, 0.15) is 31.7 Å². The monoisotopic (exact) mass is 184 g/mol. The minimum atomic E-state index is -0.273. The quantitative estimate of drug-likeness (QED) is 0.674. The second-order valence-corrected chi connectivity index (χ2v) is 2.66. The molecule has 0 aliphatic rings. The summed E-state index contributed by atoms with van der Waals surface area (Å²) in [5, 5.41) is 10.0. The second kappa shape index (κ2) is 3.99. The predicted octanol–water partition coefficient (Wildman–Crippen LogP) is -0.275. The van der Waals surface area contributed by atoms with Gasteiger partial charge < -0.3 is 15.5 Å². The van der Waals surface area contributed by atoms with Crippen molar-refractivity contribution in [1.82, 2.24) is 15.5 Å². The van der Waals surface area contributed by atoms with Crippen LogP contribution in [0.25, 0.3) is 0 Å². The summed E-state index contributed by atoms with van der Waals surface area (Å²) in [6.07, 6.45) is 0. The molecule has 0 aliphatic heterocycles. The van der Waals surface area contributed by atoms with Crippen LogP contribution in [0.15, 0.2) is 4.42 Å². The number of nitrogens with two attached hydrogens (primary N) is 1. The molecule has 0 saturated heterocycles. The molecule has 3 N–H and O–H groups in total. The maximum absolute atomic E-state index is 10.7. The summed E-state index contributed by atoms with van der Waals surface area (Å²) in [7, 11) is 0. The summed E-state index contributed by atoms with van der Waals surface area (Å²) < 4.78 is 5.13. The number of nitrogens with zero attached hydrogens (tertiary/aromatic N) is 2. The van der Waals surface area contributed by atoms with Gasteiger partial charge in [0.25, 0.3) is 0 Å². The second-order valence-electron chi connectivity index (χ2n) is 2.66. The van der Waals surface area contributed by atoms with Gasteiger partial charge in [0.15, 0.2) is 0 Å². The van der Waals surface area contributed by atoms with Crippen molar-refractivity contribution in [2.75, 3.05) is 0 Å². The molecule has 1 atom stereocenters. The minimum Gasteiger partial charge on any atom is -0.422 e. The summed E-state index contributed by atoms with van der Waals surface area (Å²) in [6.45, 7) is 3.39. The molecule has 1 aromatic heterocycles. The first kappa shape index (κ1) is 9.66. The van der Waals surface area contributed by atoms with E-state index in [1.165, 1.54) is 6.92 Å². The average Bonchev–Trinajstić information content (AvgIpc) is 2.50. The van der Waals surface area contributed by atoms with Crippen molar-refractivity contribution in [3.63, 3.8) is 0 Å². The summed E-state index contributed by atoms with van der Waals surface area (Å²) in [4.78, 5) is 10.7.